The van der Waals surface area contributed by atoms with Crippen LogP contribution in [-0.2, 0) is 20.0 Å². The van der Waals surface area contributed by atoms with E-state index in [4.69, 9.17) is 0 Å². The maximum Gasteiger partial charge on any atom is 0.262 e. The second-order valence-corrected chi connectivity index (χ2v) is 10.3. The number of hydrogen-bond donors (Lipinski definition) is 2. The molecule has 0 radical (unpaired) electrons. The Morgan fingerprint density at radius 1 is 0.733 bits per heavy atom. The van der Waals surface area contributed by atoms with Gasteiger partial charge < -0.3 is 0 Å². The highest BCUT2D eigenvalue weighted by Gasteiger charge is 2.21. The lowest BCUT2D eigenvalue weighted by atomic mass is 10.2. The van der Waals surface area contributed by atoms with E-state index in [9.17, 15) is 21.2 Å². The summed E-state index contributed by atoms with van der Waals surface area (Å²) in [6.07, 6.45) is 0. The Balaban J connectivity index is 1.95. The molecule has 9 heteroatoms. The predicted molar refractivity (Wildman–Crippen MR) is 115 cm³/mol. The largest absolute Gasteiger partial charge is 0.280 e. The molecule has 0 aliphatic carbocycles. The highest BCUT2D eigenvalue weighted by molar-refractivity contribution is 7.93. The number of anilines is 2. The second kappa shape index (κ2) is 8.08. The molecule has 0 bridgehead atoms. The normalized spacial score (nSPS) is 11.9. The van der Waals surface area contributed by atoms with Crippen LogP contribution in [0.3, 0.4) is 0 Å². The van der Waals surface area contributed by atoms with E-state index in [0.29, 0.717) is 11.3 Å². The maximum absolute atomic E-state index is 13.3. The van der Waals surface area contributed by atoms with Gasteiger partial charge in [-0.25, -0.2) is 21.2 Å². The first-order chi connectivity index (χ1) is 14.0. The summed E-state index contributed by atoms with van der Waals surface area (Å²) >= 11 is 0. The van der Waals surface area contributed by atoms with Crippen LogP contribution in [0, 0.1) is 26.6 Å². The molecule has 3 rings (SSSR count). The Morgan fingerprint density at radius 2 is 1.47 bits per heavy atom. The molecule has 30 heavy (non-hydrogen) atoms. The lowest BCUT2D eigenvalue weighted by molar-refractivity contribution is 0.597. The molecule has 0 fully saturated rings. The first-order valence-corrected chi connectivity index (χ1v) is 11.9. The third-order valence-corrected chi connectivity index (χ3v) is 7.37. The second-order valence-electron chi connectivity index (χ2n) is 6.97. The highest BCUT2D eigenvalue weighted by atomic mass is 32.2. The number of rotatable bonds is 6. The third-order valence-electron chi connectivity index (χ3n) is 4.46. The van der Waals surface area contributed by atoms with Gasteiger partial charge in [-0.15, -0.1) is 0 Å². The van der Waals surface area contributed by atoms with Crippen LogP contribution in [0.1, 0.15) is 16.7 Å². The Kier molecular flexibility index (Phi) is 5.87. The minimum atomic E-state index is -4.04. The van der Waals surface area contributed by atoms with Gasteiger partial charge in [-0.3, -0.25) is 9.44 Å². The quantitative estimate of drug-likeness (QED) is 0.586. The molecule has 2 N–H and O–H groups in total. The Labute approximate surface area is 175 Å². The van der Waals surface area contributed by atoms with E-state index < -0.39 is 25.9 Å². The van der Waals surface area contributed by atoms with Crippen molar-refractivity contribution in [2.24, 2.45) is 0 Å². The van der Waals surface area contributed by atoms with Gasteiger partial charge in [-0.1, -0.05) is 18.2 Å². The van der Waals surface area contributed by atoms with E-state index in [2.05, 4.69) is 9.44 Å². The van der Waals surface area contributed by atoms with Gasteiger partial charge in [0.15, 0.2) is 0 Å². The summed E-state index contributed by atoms with van der Waals surface area (Å²) in [7, 11) is -7.98. The molecule has 0 aromatic heterocycles. The first-order valence-electron chi connectivity index (χ1n) is 8.97. The molecule has 0 amide bonds. The molecule has 3 aromatic carbocycles. The lowest BCUT2D eigenvalue weighted by Crippen LogP contribution is -2.17. The van der Waals surface area contributed by atoms with Crippen LogP contribution in [0.5, 0.6) is 0 Å². The van der Waals surface area contributed by atoms with Crippen LogP contribution in [0.4, 0.5) is 15.8 Å². The molecule has 0 heterocycles. The molecule has 0 aliphatic heterocycles. The van der Waals surface area contributed by atoms with Gasteiger partial charge in [0.1, 0.15) is 5.82 Å². The van der Waals surface area contributed by atoms with Crippen molar-refractivity contribution in [3.05, 3.63) is 83.2 Å². The van der Waals surface area contributed by atoms with Crippen molar-refractivity contribution in [2.45, 2.75) is 30.6 Å². The fourth-order valence-electron chi connectivity index (χ4n) is 2.91. The van der Waals surface area contributed by atoms with Gasteiger partial charge in [0.25, 0.3) is 20.0 Å². The van der Waals surface area contributed by atoms with Gasteiger partial charge in [-0.2, -0.15) is 0 Å². The monoisotopic (exact) mass is 448 g/mol. The summed E-state index contributed by atoms with van der Waals surface area (Å²) in [5, 5.41) is 0. The standard InChI is InChI=1S/C21H21FN2O4S2/c1-14-5-4-6-18(11-14)23-29(25,26)19-9-7-15(2)20(13-19)24-30(27,28)21-10-8-17(22)12-16(21)3/h4-13,23-24H,1-3H3. The number of halogens is 1. The molecule has 6 nitrogen and oxygen atoms in total. The van der Waals surface area contributed by atoms with Crippen molar-refractivity contribution in [1.82, 2.24) is 0 Å². The van der Waals surface area contributed by atoms with E-state index in [1.165, 1.54) is 31.2 Å². The Morgan fingerprint density at radius 3 is 2.13 bits per heavy atom. The topological polar surface area (TPSA) is 92.3 Å². The zero-order valence-electron chi connectivity index (χ0n) is 16.6. The van der Waals surface area contributed by atoms with Crippen molar-refractivity contribution in [1.29, 1.82) is 0 Å². The highest BCUT2D eigenvalue weighted by Crippen LogP contribution is 2.26. The number of aryl methyl sites for hydroxylation is 3. The van der Waals surface area contributed by atoms with Gasteiger partial charge in [-0.05, 0) is 79.9 Å². The number of nitrogens with one attached hydrogen (secondary N) is 2. The molecule has 0 unspecified atom stereocenters. The summed E-state index contributed by atoms with van der Waals surface area (Å²) in [6, 6.07) is 14.4. The van der Waals surface area contributed by atoms with Gasteiger partial charge >= 0.3 is 0 Å². The van der Waals surface area contributed by atoms with Crippen molar-refractivity contribution in [3.8, 4) is 0 Å². The van der Waals surface area contributed by atoms with E-state index in [1.54, 1.807) is 25.1 Å². The zero-order valence-corrected chi connectivity index (χ0v) is 18.2. The fourth-order valence-corrected chi connectivity index (χ4v) is 5.34. The first kappa shape index (κ1) is 21.8. The lowest BCUT2D eigenvalue weighted by Gasteiger charge is -2.14. The minimum Gasteiger partial charge on any atom is -0.280 e. The van der Waals surface area contributed by atoms with Crippen molar-refractivity contribution >= 4 is 31.4 Å². The minimum absolute atomic E-state index is 0.0885. The number of benzene rings is 3. The fraction of sp³-hybridized carbons (Fsp3) is 0.143. The summed E-state index contributed by atoms with van der Waals surface area (Å²) in [5.74, 6) is -0.544. The van der Waals surface area contributed by atoms with Gasteiger partial charge in [0.05, 0.1) is 15.5 Å². The summed E-state index contributed by atoms with van der Waals surface area (Å²) in [5.41, 5.74) is 2.19. The molecular formula is C21H21FN2O4S2. The average Bonchev–Trinajstić information content (AvgIpc) is 2.62. The van der Waals surface area contributed by atoms with Crippen LogP contribution < -0.4 is 9.44 Å². The Hall–Kier alpha value is -2.91. The molecule has 0 saturated carbocycles. The number of hydrogen-bond acceptors (Lipinski definition) is 4. The SMILES string of the molecule is Cc1cccc(NS(=O)(=O)c2ccc(C)c(NS(=O)(=O)c3ccc(F)cc3C)c2)c1. The molecule has 3 aromatic rings. The molecule has 0 aliphatic rings. The molecule has 158 valence electrons. The van der Waals surface area contributed by atoms with Crippen molar-refractivity contribution in [3.63, 3.8) is 0 Å². The summed E-state index contributed by atoms with van der Waals surface area (Å²) in [6.45, 7) is 4.98. The smallest absolute Gasteiger partial charge is 0.262 e. The third kappa shape index (κ3) is 4.80. The Bertz CT molecular complexity index is 1320. The molecule has 0 spiro atoms. The molecule has 0 saturated heterocycles. The van der Waals surface area contributed by atoms with E-state index in [0.717, 1.165) is 17.7 Å². The zero-order chi connectivity index (χ0) is 22.1. The van der Waals surface area contributed by atoms with Crippen LogP contribution in [0.25, 0.3) is 0 Å². The van der Waals surface area contributed by atoms with E-state index in [1.807, 2.05) is 13.0 Å². The van der Waals surface area contributed by atoms with Crippen LogP contribution >= 0.6 is 0 Å². The van der Waals surface area contributed by atoms with Gasteiger partial charge in [0.2, 0.25) is 0 Å². The summed E-state index contributed by atoms with van der Waals surface area (Å²) in [4.78, 5) is -0.183. The van der Waals surface area contributed by atoms with E-state index >= 15 is 0 Å². The van der Waals surface area contributed by atoms with Crippen molar-refractivity contribution in [2.75, 3.05) is 9.44 Å². The maximum atomic E-state index is 13.3. The van der Waals surface area contributed by atoms with Crippen LogP contribution in [0.2, 0.25) is 0 Å². The van der Waals surface area contributed by atoms with Gasteiger partial charge in [0, 0.05) is 5.69 Å². The van der Waals surface area contributed by atoms with Crippen molar-refractivity contribution < 1.29 is 21.2 Å². The average molecular weight is 449 g/mol. The van der Waals surface area contributed by atoms with Crippen LogP contribution in [0.15, 0.2) is 70.5 Å². The van der Waals surface area contributed by atoms with E-state index in [-0.39, 0.29) is 21.0 Å². The molecule has 0 atom stereocenters. The predicted octanol–water partition coefficient (Wildman–Crippen LogP) is 4.35. The van der Waals surface area contributed by atoms with Crippen LogP contribution in [-0.4, -0.2) is 16.8 Å². The summed E-state index contributed by atoms with van der Waals surface area (Å²) < 4.78 is 69.3. The molecular weight excluding hydrogens is 427 g/mol. The number of sulfonamides is 2.